The van der Waals surface area contributed by atoms with E-state index >= 15 is 0 Å². The number of esters is 1. The second-order valence-electron chi connectivity index (χ2n) is 2.88. The van der Waals surface area contributed by atoms with E-state index in [1.54, 1.807) is 6.07 Å². The van der Waals surface area contributed by atoms with E-state index in [4.69, 9.17) is 11.0 Å². The van der Waals surface area contributed by atoms with Crippen LogP contribution in [0.1, 0.15) is 15.2 Å². The quantitative estimate of drug-likeness (QED) is 0.770. The molecule has 0 radical (unpaired) electrons. The average molecular weight is 260 g/mol. The smallest absolute Gasteiger partial charge is 0.350 e. The minimum Gasteiger partial charge on any atom is -0.465 e. The van der Waals surface area contributed by atoms with Crippen LogP contribution >= 0.6 is 11.3 Å². The van der Waals surface area contributed by atoms with Crippen LogP contribution in [0.5, 0.6) is 0 Å². The van der Waals surface area contributed by atoms with Crippen LogP contribution in [-0.2, 0) is 14.6 Å². The first-order chi connectivity index (χ1) is 7.32. The molecule has 0 amide bonds. The van der Waals surface area contributed by atoms with Gasteiger partial charge in [-0.05, 0) is 0 Å². The molecule has 2 N–H and O–H groups in total. The molecular weight excluding hydrogens is 252 g/mol. The maximum atomic E-state index is 11.3. The van der Waals surface area contributed by atoms with Crippen molar-refractivity contribution in [1.29, 1.82) is 5.26 Å². The first-order valence-corrected chi connectivity index (χ1v) is 6.64. The van der Waals surface area contributed by atoms with Gasteiger partial charge in [0.2, 0.25) is 0 Å². The van der Waals surface area contributed by atoms with Gasteiger partial charge in [0.25, 0.3) is 0 Å². The Bertz CT molecular complexity index is 580. The summed E-state index contributed by atoms with van der Waals surface area (Å²) >= 11 is 0.640. The zero-order chi connectivity index (χ0) is 12.5. The van der Waals surface area contributed by atoms with Gasteiger partial charge in [-0.15, -0.1) is 11.3 Å². The first kappa shape index (κ1) is 12.5. The predicted octanol–water partition coefficient (Wildman–Crippen LogP) is 0.392. The van der Waals surface area contributed by atoms with E-state index in [2.05, 4.69) is 4.74 Å². The van der Waals surface area contributed by atoms with Crippen molar-refractivity contribution in [1.82, 2.24) is 0 Å². The third-order valence-corrected chi connectivity index (χ3v) is 4.75. The molecule has 8 heteroatoms. The maximum absolute atomic E-state index is 11.3. The third kappa shape index (κ3) is 2.00. The summed E-state index contributed by atoms with van der Waals surface area (Å²) in [5.74, 6) is -0.756. The van der Waals surface area contributed by atoms with E-state index in [0.717, 1.165) is 13.4 Å². The van der Waals surface area contributed by atoms with E-state index in [1.165, 1.54) is 0 Å². The van der Waals surface area contributed by atoms with Gasteiger partial charge in [-0.25, -0.2) is 13.2 Å². The van der Waals surface area contributed by atoms with Crippen LogP contribution in [0.25, 0.3) is 0 Å². The molecule has 1 aromatic rings. The van der Waals surface area contributed by atoms with Crippen LogP contribution < -0.4 is 5.73 Å². The highest BCUT2D eigenvalue weighted by Gasteiger charge is 2.26. The number of nitriles is 1. The van der Waals surface area contributed by atoms with Crippen LogP contribution in [0.15, 0.2) is 4.21 Å². The number of methoxy groups -OCH3 is 1. The Balaban J connectivity index is 3.57. The number of nitrogens with two attached hydrogens (primary N) is 1. The second-order valence-corrected chi connectivity index (χ2v) is 6.11. The molecule has 0 fully saturated rings. The lowest BCUT2D eigenvalue weighted by molar-refractivity contribution is 0.0607. The first-order valence-electron chi connectivity index (χ1n) is 3.93. The molecule has 0 aliphatic rings. The number of rotatable bonds is 2. The lowest BCUT2D eigenvalue weighted by Gasteiger charge is -1.95. The number of sulfone groups is 1. The van der Waals surface area contributed by atoms with Crippen molar-refractivity contribution in [2.24, 2.45) is 0 Å². The Morgan fingerprint density at radius 2 is 2.12 bits per heavy atom. The Kier molecular flexibility index (Phi) is 3.21. The Labute approximate surface area is 96.2 Å². The fraction of sp³-hybridized carbons (Fsp3) is 0.250. The molecule has 1 rings (SSSR count). The van der Waals surface area contributed by atoms with Crippen molar-refractivity contribution in [2.45, 2.75) is 4.21 Å². The molecule has 0 aliphatic heterocycles. The summed E-state index contributed by atoms with van der Waals surface area (Å²) in [6.07, 6.45) is 0.945. The van der Waals surface area contributed by atoms with Gasteiger partial charge in [-0.3, -0.25) is 0 Å². The topological polar surface area (TPSA) is 110 Å². The molecule has 0 saturated heterocycles. The number of thiophene rings is 1. The van der Waals surface area contributed by atoms with Gasteiger partial charge in [0, 0.05) is 6.26 Å². The summed E-state index contributed by atoms with van der Waals surface area (Å²) in [5, 5.41) is 8.79. The summed E-state index contributed by atoms with van der Waals surface area (Å²) < 4.78 is 26.9. The molecule has 0 saturated carbocycles. The number of nitrogens with zero attached hydrogens (tertiary/aromatic N) is 1. The van der Waals surface area contributed by atoms with E-state index in [0.29, 0.717) is 11.3 Å². The Morgan fingerprint density at radius 1 is 1.56 bits per heavy atom. The van der Waals surface area contributed by atoms with E-state index in [9.17, 15) is 13.2 Å². The van der Waals surface area contributed by atoms with Crippen molar-refractivity contribution in [2.75, 3.05) is 19.1 Å². The highest BCUT2D eigenvalue weighted by Crippen LogP contribution is 2.34. The molecule has 6 nitrogen and oxygen atoms in total. The van der Waals surface area contributed by atoms with Gasteiger partial charge in [0.1, 0.15) is 20.7 Å². The maximum Gasteiger partial charge on any atom is 0.350 e. The van der Waals surface area contributed by atoms with Gasteiger partial charge < -0.3 is 10.5 Å². The third-order valence-electron chi connectivity index (χ3n) is 1.73. The van der Waals surface area contributed by atoms with E-state index < -0.39 is 15.8 Å². The summed E-state index contributed by atoms with van der Waals surface area (Å²) in [4.78, 5) is 11.2. The molecule has 0 bridgehead atoms. The largest absolute Gasteiger partial charge is 0.465 e. The van der Waals surface area contributed by atoms with Gasteiger partial charge >= 0.3 is 5.97 Å². The molecule has 1 heterocycles. The SMILES string of the molecule is COC(=O)c1sc(S(C)(=O)=O)c(C#N)c1N. The van der Waals surface area contributed by atoms with Crippen LogP contribution in [0.4, 0.5) is 5.69 Å². The van der Waals surface area contributed by atoms with Crippen LogP contribution in [0.3, 0.4) is 0 Å². The van der Waals surface area contributed by atoms with Gasteiger partial charge in [0.15, 0.2) is 9.84 Å². The van der Waals surface area contributed by atoms with Crippen LogP contribution in [0, 0.1) is 11.3 Å². The Hall–Kier alpha value is -1.59. The lowest BCUT2D eigenvalue weighted by Crippen LogP contribution is -2.02. The normalized spacial score (nSPS) is 10.8. The second kappa shape index (κ2) is 4.11. The minimum atomic E-state index is -3.58. The van der Waals surface area contributed by atoms with Crippen molar-refractivity contribution in [3.63, 3.8) is 0 Å². The number of ether oxygens (including phenoxy) is 1. The molecular formula is C8H8N2O4S2. The molecule has 0 atom stereocenters. The molecule has 0 aliphatic carbocycles. The molecule has 0 aromatic carbocycles. The van der Waals surface area contributed by atoms with Gasteiger partial charge in [-0.2, -0.15) is 5.26 Å². The van der Waals surface area contributed by atoms with Crippen molar-refractivity contribution < 1.29 is 17.9 Å². The molecule has 0 spiro atoms. The summed E-state index contributed by atoms with van der Waals surface area (Å²) in [6.45, 7) is 0. The summed E-state index contributed by atoms with van der Waals surface area (Å²) in [5.41, 5.74) is 5.16. The van der Waals surface area contributed by atoms with E-state index in [1.807, 2.05) is 0 Å². The highest BCUT2D eigenvalue weighted by molar-refractivity contribution is 7.92. The van der Waals surface area contributed by atoms with E-state index in [-0.39, 0.29) is 20.3 Å². The monoisotopic (exact) mass is 260 g/mol. The fourth-order valence-electron chi connectivity index (χ4n) is 1.03. The fourth-order valence-corrected chi connectivity index (χ4v) is 3.24. The lowest BCUT2D eigenvalue weighted by atomic mass is 10.3. The number of hydrogen-bond acceptors (Lipinski definition) is 7. The Morgan fingerprint density at radius 3 is 2.44 bits per heavy atom. The molecule has 0 unspecified atom stereocenters. The van der Waals surface area contributed by atoms with Gasteiger partial charge in [0.05, 0.1) is 12.8 Å². The van der Waals surface area contributed by atoms with Crippen molar-refractivity contribution in [3.05, 3.63) is 10.4 Å². The minimum absolute atomic E-state index is 0.0699. The standard InChI is InChI=1S/C8H8N2O4S2/c1-14-7(11)6-5(10)4(3-9)8(15-6)16(2,12)13/h10H2,1-2H3. The number of carbonyl (C=O) groups excluding carboxylic acids is 1. The van der Waals surface area contributed by atoms with Crippen molar-refractivity contribution >= 4 is 32.8 Å². The highest BCUT2D eigenvalue weighted by atomic mass is 32.2. The zero-order valence-electron chi connectivity index (χ0n) is 8.47. The number of anilines is 1. The van der Waals surface area contributed by atoms with Crippen LogP contribution in [0.2, 0.25) is 0 Å². The average Bonchev–Trinajstić information content (AvgIpc) is 2.53. The number of nitrogen functional groups attached to an aromatic ring is 1. The summed E-state index contributed by atoms with van der Waals surface area (Å²) in [6, 6.07) is 1.67. The summed E-state index contributed by atoms with van der Waals surface area (Å²) in [7, 11) is -2.43. The van der Waals surface area contributed by atoms with Gasteiger partial charge in [-0.1, -0.05) is 0 Å². The molecule has 1 aromatic heterocycles. The number of carbonyl (C=O) groups is 1. The van der Waals surface area contributed by atoms with Crippen LogP contribution in [-0.4, -0.2) is 27.8 Å². The van der Waals surface area contributed by atoms with Crippen molar-refractivity contribution in [3.8, 4) is 6.07 Å². The molecule has 16 heavy (non-hydrogen) atoms. The predicted molar refractivity (Wildman–Crippen MR) is 57.9 cm³/mol. The molecule has 86 valence electrons. The number of hydrogen-bond donors (Lipinski definition) is 1. The zero-order valence-corrected chi connectivity index (χ0v) is 10.1.